The summed E-state index contributed by atoms with van der Waals surface area (Å²) in [5, 5.41) is 13.8. The van der Waals surface area contributed by atoms with Crippen LogP contribution in [0.1, 0.15) is 11.9 Å². The van der Waals surface area contributed by atoms with Crippen LogP contribution in [0.25, 0.3) is 0 Å². The van der Waals surface area contributed by atoms with Crippen LogP contribution < -0.4 is 5.32 Å². The van der Waals surface area contributed by atoms with Crippen LogP contribution in [0.3, 0.4) is 0 Å². The third-order valence-corrected chi connectivity index (χ3v) is 5.31. The van der Waals surface area contributed by atoms with Crippen LogP contribution in [0.2, 0.25) is 0 Å². The summed E-state index contributed by atoms with van der Waals surface area (Å²) in [6.07, 6.45) is 1.06. The van der Waals surface area contributed by atoms with Gasteiger partial charge in [-0.1, -0.05) is 0 Å². The number of furan rings is 1. The lowest BCUT2D eigenvalue weighted by Gasteiger charge is -2.21. The van der Waals surface area contributed by atoms with Crippen LogP contribution in [0.4, 0.5) is 0 Å². The van der Waals surface area contributed by atoms with Gasteiger partial charge in [0.15, 0.2) is 0 Å². The number of rotatable bonds is 5. The molecular formula is C11H17NO2S2. The van der Waals surface area contributed by atoms with Crippen molar-refractivity contribution < 1.29 is 9.52 Å². The molecule has 0 aromatic carbocycles. The van der Waals surface area contributed by atoms with E-state index in [2.05, 4.69) is 5.32 Å². The molecule has 1 aromatic heterocycles. The van der Waals surface area contributed by atoms with Gasteiger partial charge in [0.25, 0.3) is 0 Å². The first-order chi connectivity index (χ1) is 7.86. The summed E-state index contributed by atoms with van der Waals surface area (Å²) in [6, 6.07) is 3.60. The van der Waals surface area contributed by atoms with E-state index < -0.39 is 6.10 Å². The fourth-order valence-corrected chi connectivity index (χ4v) is 4.26. The molecule has 2 atom stereocenters. The molecule has 2 N–H and O–H groups in total. The van der Waals surface area contributed by atoms with Gasteiger partial charge in [0, 0.05) is 35.6 Å². The molecule has 1 aromatic rings. The number of aliphatic hydroxyl groups is 1. The molecule has 1 fully saturated rings. The Morgan fingerprint density at radius 3 is 3.19 bits per heavy atom. The molecule has 3 nitrogen and oxygen atoms in total. The van der Waals surface area contributed by atoms with E-state index in [9.17, 15) is 5.11 Å². The molecule has 0 amide bonds. The van der Waals surface area contributed by atoms with Crippen LogP contribution >= 0.6 is 23.5 Å². The summed E-state index contributed by atoms with van der Waals surface area (Å²) in [5.41, 5.74) is 0. The largest absolute Gasteiger partial charge is 0.467 e. The molecule has 2 rings (SSSR count). The zero-order valence-corrected chi connectivity index (χ0v) is 10.7. The molecule has 1 saturated heterocycles. The van der Waals surface area contributed by atoms with E-state index in [-0.39, 0.29) is 0 Å². The zero-order valence-electron chi connectivity index (χ0n) is 9.09. The molecule has 90 valence electrons. The minimum atomic E-state index is -0.531. The number of nitrogens with one attached hydrogen (secondary N) is 1. The van der Waals surface area contributed by atoms with Crippen molar-refractivity contribution in [3.63, 3.8) is 0 Å². The van der Waals surface area contributed by atoms with E-state index in [1.807, 2.05) is 23.5 Å². The fraction of sp³-hybridized carbons (Fsp3) is 0.636. The smallest absolute Gasteiger partial charge is 0.133 e. The predicted molar refractivity (Wildman–Crippen MR) is 70.1 cm³/mol. The van der Waals surface area contributed by atoms with Gasteiger partial charge >= 0.3 is 0 Å². The normalized spacial score (nSPS) is 23.2. The van der Waals surface area contributed by atoms with E-state index in [1.54, 1.807) is 18.4 Å². The third kappa shape index (κ3) is 3.73. The summed E-state index contributed by atoms with van der Waals surface area (Å²) in [5.74, 6) is 4.38. The van der Waals surface area contributed by atoms with E-state index >= 15 is 0 Å². The van der Waals surface area contributed by atoms with Crippen molar-refractivity contribution in [2.24, 2.45) is 0 Å². The van der Waals surface area contributed by atoms with Crippen LogP contribution in [0, 0.1) is 0 Å². The van der Waals surface area contributed by atoms with Crippen molar-refractivity contribution in [2.45, 2.75) is 11.4 Å². The van der Waals surface area contributed by atoms with Crippen molar-refractivity contribution in [1.82, 2.24) is 5.32 Å². The van der Waals surface area contributed by atoms with Crippen molar-refractivity contribution in [2.75, 3.05) is 30.3 Å². The Morgan fingerprint density at radius 2 is 2.50 bits per heavy atom. The average Bonchev–Trinajstić information content (AvgIpc) is 2.84. The average molecular weight is 259 g/mol. The topological polar surface area (TPSA) is 45.4 Å². The molecule has 0 saturated carbocycles. The van der Waals surface area contributed by atoms with Crippen molar-refractivity contribution in [3.8, 4) is 0 Å². The van der Waals surface area contributed by atoms with E-state index in [1.165, 1.54) is 17.3 Å². The first kappa shape index (κ1) is 12.4. The Labute approximate surface area is 104 Å². The highest BCUT2D eigenvalue weighted by molar-refractivity contribution is 8.06. The van der Waals surface area contributed by atoms with Crippen LogP contribution in [0.5, 0.6) is 0 Å². The van der Waals surface area contributed by atoms with Gasteiger partial charge in [0.1, 0.15) is 11.9 Å². The zero-order chi connectivity index (χ0) is 11.2. The second kappa shape index (κ2) is 6.59. The molecule has 0 radical (unpaired) electrons. The highest BCUT2D eigenvalue weighted by atomic mass is 32.2. The molecule has 1 aliphatic rings. The monoisotopic (exact) mass is 259 g/mol. The number of hydrogen-bond acceptors (Lipinski definition) is 5. The Balaban J connectivity index is 1.63. The quantitative estimate of drug-likeness (QED) is 0.843. The second-order valence-electron chi connectivity index (χ2n) is 3.76. The standard InChI is InChI=1S/C11H17NO2S2/c13-10(11-2-1-3-14-11)7-12-6-9-8-15-4-5-16-9/h1-3,9-10,12-13H,4-8H2. The lowest BCUT2D eigenvalue weighted by Crippen LogP contribution is -2.31. The lowest BCUT2D eigenvalue weighted by molar-refractivity contribution is 0.148. The minimum Gasteiger partial charge on any atom is -0.467 e. The number of hydrogen-bond donors (Lipinski definition) is 2. The maximum absolute atomic E-state index is 9.77. The summed E-state index contributed by atoms with van der Waals surface area (Å²) < 4.78 is 5.14. The molecule has 2 unspecified atom stereocenters. The van der Waals surface area contributed by atoms with Crippen LogP contribution in [-0.2, 0) is 0 Å². The summed E-state index contributed by atoms with van der Waals surface area (Å²) in [4.78, 5) is 0. The molecule has 1 aliphatic heterocycles. The minimum absolute atomic E-state index is 0.531. The van der Waals surface area contributed by atoms with Crippen LogP contribution in [0.15, 0.2) is 22.8 Å². The molecule has 5 heteroatoms. The molecule has 0 bridgehead atoms. The molecule has 0 spiro atoms. The highest BCUT2D eigenvalue weighted by Crippen LogP contribution is 2.23. The predicted octanol–water partition coefficient (Wildman–Crippen LogP) is 1.75. The Kier molecular flexibility index (Phi) is 5.09. The Hall–Kier alpha value is -0.100. The number of aliphatic hydroxyl groups excluding tert-OH is 1. The van der Waals surface area contributed by atoms with Gasteiger partial charge in [0.05, 0.1) is 6.26 Å². The third-order valence-electron chi connectivity index (χ3n) is 2.47. The first-order valence-electron chi connectivity index (χ1n) is 5.48. The van der Waals surface area contributed by atoms with Gasteiger partial charge in [-0.05, 0) is 12.1 Å². The maximum atomic E-state index is 9.77. The summed E-state index contributed by atoms with van der Waals surface area (Å²) >= 11 is 4.04. The summed E-state index contributed by atoms with van der Waals surface area (Å²) in [6.45, 7) is 1.53. The highest BCUT2D eigenvalue weighted by Gasteiger charge is 2.15. The molecule has 16 heavy (non-hydrogen) atoms. The maximum Gasteiger partial charge on any atom is 0.133 e. The van der Waals surface area contributed by atoms with Crippen LogP contribution in [-0.4, -0.2) is 40.7 Å². The van der Waals surface area contributed by atoms with E-state index in [0.29, 0.717) is 17.6 Å². The molecule has 2 heterocycles. The molecular weight excluding hydrogens is 242 g/mol. The van der Waals surface area contributed by atoms with Crippen molar-refractivity contribution in [1.29, 1.82) is 0 Å². The second-order valence-corrected chi connectivity index (χ2v) is 6.32. The van der Waals surface area contributed by atoms with Gasteiger partial charge in [0.2, 0.25) is 0 Å². The summed E-state index contributed by atoms with van der Waals surface area (Å²) in [7, 11) is 0. The Bertz CT molecular complexity index is 286. The van der Waals surface area contributed by atoms with E-state index in [0.717, 1.165) is 6.54 Å². The molecule has 0 aliphatic carbocycles. The van der Waals surface area contributed by atoms with Gasteiger partial charge in [-0.2, -0.15) is 23.5 Å². The van der Waals surface area contributed by atoms with Gasteiger partial charge < -0.3 is 14.8 Å². The van der Waals surface area contributed by atoms with Crippen molar-refractivity contribution in [3.05, 3.63) is 24.2 Å². The first-order valence-corrected chi connectivity index (χ1v) is 7.68. The van der Waals surface area contributed by atoms with Gasteiger partial charge in [-0.25, -0.2) is 0 Å². The lowest BCUT2D eigenvalue weighted by atomic mass is 10.2. The SMILES string of the molecule is OC(CNCC1CSCCS1)c1ccco1. The fourth-order valence-electron chi connectivity index (χ4n) is 1.62. The number of thioether (sulfide) groups is 2. The Morgan fingerprint density at radius 1 is 1.56 bits per heavy atom. The van der Waals surface area contributed by atoms with Gasteiger partial charge in [-0.3, -0.25) is 0 Å². The van der Waals surface area contributed by atoms with Gasteiger partial charge in [-0.15, -0.1) is 0 Å². The van der Waals surface area contributed by atoms with Crippen molar-refractivity contribution >= 4 is 23.5 Å². The van der Waals surface area contributed by atoms with E-state index in [4.69, 9.17) is 4.42 Å².